The molecule has 2 saturated carbocycles. The van der Waals surface area contributed by atoms with Crippen LogP contribution in [0.15, 0.2) is 6.07 Å². The third-order valence-corrected chi connectivity index (χ3v) is 3.81. The van der Waals surface area contributed by atoms with E-state index in [1.54, 1.807) is 6.07 Å². The van der Waals surface area contributed by atoms with E-state index in [-0.39, 0.29) is 0 Å². The fraction of sp³-hybridized carbons (Fsp3) is 0.692. The van der Waals surface area contributed by atoms with E-state index in [0.717, 1.165) is 24.8 Å². The van der Waals surface area contributed by atoms with E-state index in [4.69, 9.17) is 10.6 Å². The zero-order valence-corrected chi connectivity index (χ0v) is 10.6. The number of hydrogen-bond donors (Lipinski definition) is 2. The van der Waals surface area contributed by atoms with Gasteiger partial charge in [-0.3, -0.25) is 0 Å². The Labute approximate surface area is 107 Å². The molecule has 0 radical (unpaired) electrons. The highest BCUT2D eigenvalue weighted by Gasteiger charge is 2.27. The molecule has 5 nitrogen and oxygen atoms in total. The first-order valence-electron chi connectivity index (χ1n) is 6.83. The molecule has 1 aromatic rings. The fourth-order valence-electron chi connectivity index (χ4n) is 2.23. The van der Waals surface area contributed by atoms with Crippen molar-refractivity contribution >= 4 is 5.82 Å². The summed E-state index contributed by atoms with van der Waals surface area (Å²) in [5, 5.41) is 0. The lowest BCUT2D eigenvalue weighted by atomic mass is 9.83. The van der Waals surface area contributed by atoms with E-state index in [0.29, 0.717) is 17.6 Å². The summed E-state index contributed by atoms with van der Waals surface area (Å²) in [5.74, 6) is 8.95. The highest BCUT2D eigenvalue weighted by atomic mass is 16.5. The molecule has 0 unspecified atom stereocenters. The molecule has 2 aliphatic carbocycles. The minimum Gasteiger partial charge on any atom is -0.478 e. The number of nitrogen functional groups attached to an aromatic ring is 1. The number of aromatic nitrogens is 2. The molecule has 3 N–H and O–H groups in total. The Morgan fingerprint density at radius 2 is 2.11 bits per heavy atom. The number of nitrogens with two attached hydrogens (primary N) is 1. The van der Waals surface area contributed by atoms with Crippen molar-refractivity contribution < 1.29 is 4.74 Å². The van der Waals surface area contributed by atoms with Crippen LogP contribution in [-0.2, 0) is 0 Å². The number of anilines is 1. The summed E-state index contributed by atoms with van der Waals surface area (Å²) in [4.78, 5) is 8.81. The molecule has 2 aliphatic rings. The molecule has 1 heterocycles. The van der Waals surface area contributed by atoms with Crippen molar-refractivity contribution in [3.8, 4) is 5.88 Å². The second-order valence-electron chi connectivity index (χ2n) is 5.30. The summed E-state index contributed by atoms with van der Waals surface area (Å²) in [6.45, 7) is 0.746. The maximum Gasteiger partial charge on any atom is 0.218 e. The van der Waals surface area contributed by atoms with E-state index in [1.165, 1.54) is 32.1 Å². The molecule has 0 aromatic carbocycles. The van der Waals surface area contributed by atoms with Gasteiger partial charge in [-0.1, -0.05) is 19.3 Å². The minimum absolute atomic E-state index is 0.507. The first kappa shape index (κ1) is 11.7. The fourth-order valence-corrected chi connectivity index (χ4v) is 2.23. The van der Waals surface area contributed by atoms with E-state index in [1.807, 2.05) is 0 Å². The molecule has 18 heavy (non-hydrogen) atoms. The monoisotopic (exact) mass is 248 g/mol. The normalized spacial score (nSPS) is 19.4. The Hall–Kier alpha value is -1.36. The standard InChI is InChI=1S/C13H20N4O/c14-17-11-8-12(16-13(15-11)10-4-5-10)18-7-6-9-2-1-3-9/h8-10H,1-7,14H2,(H,15,16,17). The average molecular weight is 248 g/mol. The Morgan fingerprint density at radius 3 is 2.72 bits per heavy atom. The Balaban J connectivity index is 1.60. The Bertz CT molecular complexity index is 415. The third-order valence-electron chi connectivity index (χ3n) is 3.81. The van der Waals surface area contributed by atoms with E-state index < -0.39 is 0 Å². The van der Waals surface area contributed by atoms with Gasteiger partial charge in [-0.05, 0) is 25.2 Å². The van der Waals surface area contributed by atoms with Gasteiger partial charge in [0, 0.05) is 12.0 Å². The summed E-state index contributed by atoms with van der Waals surface area (Å²) in [7, 11) is 0. The lowest BCUT2D eigenvalue weighted by Gasteiger charge is -2.24. The zero-order valence-electron chi connectivity index (χ0n) is 10.6. The van der Waals surface area contributed by atoms with Crippen molar-refractivity contribution in [1.82, 2.24) is 9.97 Å². The van der Waals surface area contributed by atoms with Gasteiger partial charge in [-0.2, -0.15) is 4.98 Å². The first-order chi connectivity index (χ1) is 8.85. The minimum atomic E-state index is 0.507. The lowest BCUT2D eigenvalue weighted by molar-refractivity contribution is 0.217. The summed E-state index contributed by atoms with van der Waals surface area (Å²) >= 11 is 0. The number of ether oxygens (including phenoxy) is 1. The molecular weight excluding hydrogens is 228 g/mol. The van der Waals surface area contributed by atoms with Crippen LogP contribution in [0.3, 0.4) is 0 Å². The maximum atomic E-state index is 5.73. The average Bonchev–Trinajstić information content (AvgIpc) is 3.16. The number of nitrogens with zero attached hydrogens (tertiary/aromatic N) is 2. The summed E-state index contributed by atoms with van der Waals surface area (Å²) < 4.78 is 5.73. The zero-order chi connectivity index (χ0) is 12.4. The van der Waals surface area contributed by atoms with Crippen molar-refractivity contribution in [3.63, 3.8) is 0 Å². The van der Waals surface area contributed by atoms with Gasteiger partial charge >= 0.3 is 0 Å². The van der Waals surface area contributed by atoms with Gasteiger partial charge in [0.25, 0.3) is 0 Å². The summed E-state index contributed by atoms with van der Waals surface area (Å²) in [6.07, 6.45) is 7.58. The number of hydrazine groups is 1. The molecular formula is C13H20N4O. The number of nitrogens with one attached hydrogen (secondary N) is 1. The summed E-state index contributed by atoms with van der Waals surface area (Å²) in [6, 6.07) is 1.77. The molecule has 0 saturated heterocycles. The highest BCUT2D eigenvalue weighted by Crippen LogP contribution is 2.39. The lowest BCUT2D eigenvalue weighted by Crippen LogP contribution is -2.15. The van der Waals surface area contributed by atoms with Gasteiger partial charge < -0.3 is 10.2 Å². The maximum absolute atomic E-state index is 5.73. The molecule has 0 aliphatic heterocycles. The van der Waals surface area contributed by atoms with Crippen LogP contribution < -0.4 is 16.0 Å². The van der Waals surface area contributed by atoms with Crippen molar-refractivity contribution in [2.45, 2.75) is 44.4 Å². The summed E-state index contributed by atoms with van der Waals surface area (Å²) in [5.41, 5.74) is 2.58. The highest BCUT2D eigenvalue weighted by molar-refractivity contribution is 5.38. The van der Waals surface area contributed by atoms with Crippen LogP contribution in [-0.4, -0.2) is 16.6 Å². The van der Waals surface area contributed by atoms with Gasteiger partial charge in [0.15, 0.2) is 0 Å². The van der Waals surface area contributed by atoms with Crippen LogP contribution in [0.4, 0.5) is 5.82 Å². The number of rotatable bonds is 6. The van der Waals surface area contributed by atoms with Crippen LogP contribution in [0.1, 0.15) is 50.3 Å². The molecule has 1 aromatic heterocycles. The topological polar surface area (TPSA) is 73.1 Å². The van der Waals surface area contributed by atoms with Gasteiger partial charge in [0.2, 0.25) is 5.88 Å². The smallest absolute Gasteiger partial charge is 0.218 e. The molecule has 5 heteroatoms. The van der Waals surface area contributed by atoms with Crippen LogP contribution in [0, 0.1) is 5.92 Å². The third kappa shape index (κ3) is 2.72. The van der Waals surface area contributed by atoms with Crippen LogP contribution in [0.5, 0.6) is 5.88 Å². The van der Waals surface area contributed by atoms with E-state index in [2.05, 4.69) is 15.4 Å². The van der Waals surface area contributed by atoms with Crippen molar-refractivity contribution in [3.05, 3.63) is 11.9 Å². The van der Waals surface area contributed by atoms with Crippen molar-refractivity contribution in [2.24, 2.45) is 11.8 Å². The van der Waals surface area contributed by atoms with E-state index in [9.17, 15) is 0 Å². The molecule has 3 rings (SSSR count). The predicted molar refractivity (Wildman–Crippen MR) is 69.3 cm³/mol. The van der Waals surface area contributed by atoms with E-state index >= 15 is 0 Å². The first-order valence-corrected chi connectivity index (χ1v) is 6.83. The van der Waals surface area contributed by atoms with Crippen molar-refractivity contribution in [1.29, 1.82) is 0 Å². The largest absolute Gasteiger partial charge is 0.478 e. The Kier molecular flexibility index (Phi) is 3.32. The molecule has 0 spiro atoms. The second kappa shape index (κ2) is 5.10. The molecule has 2 fully saturated rings. The molecule has 0 atom stereocenters. The van der Waals surface area contributed by atoms with Crippen LogP contribution in [0.2, 0.25) is 0 Å². The van der Waals surface area contributed by atoms with Gasteiger partial charge in [0.05, 0.1) is 6.61 Å². The molecule has 0 amide bonds. The molecule has 98 valence electrons. The van der Waals surface area contributed by atoms with Gasteiger partial charge in [-0.25, -0.2) is 10.8 Å². The second-order valence-corrected chi connectivity index (χ2v) is 5.30. The molecule has 0 bridgehead atoms. The van der Waals surface area contributed by atoms with Crippen LogP contribution >= 0.6 is 0 Å². The van der Waals surface area contributed by atoms with Crippen molar-refractivity contribution in [2.75, 3.05) is 12.0 Å². The van der Waals surface area contributed by atoms with Gasteiger partial charge in [0.1, 0.15) is 11.6 Å². The predicted octanol–water partition coefficient (Wildman–Crippen LogP) is 2.21. The SMILES string of the molecule is NNc1cc(OCCC2CCC2)nc(C2CC2)n1. The van der Waals surface area contributed by atoms with Gasteiger partial charge in [-0.15, -0.1) is 0 Å². The number of hydrogen-bond acceptors (Lipinski definition) is 5. The van der Waals surface area contributed by atoms with Crippen LogP contribution in [0.25, 0.3) is 0 Å². The quantitative estimate of drug-likeness (QED) is 0.596. The Morgan fingerprint density at radius 1 is 1.28 bits per heavy atom.